The molecule has 1 unspecified atom stereocenters. The van der Waals surface area contributed by atoms with Gasteiger partial charge in [0.1, 0.15) is 0 Å². The molecular formula is C24H28N2O2. The van der Waals surface area contributed by atoms with E-state index in [4.69, 9.17) is 0 Å². The number of piperidine rings is 1. The molecule has 4 nitrogen and oxygen atoms in total. The molecule has 2 aromatic rings. The smallest absolute Gasteiger partial charge is 0.224 e. The second kappa shape index (κ2) is 8.17. The highest BCUT2D eigenvalue weighted by Gasteiger charge is 2.33. The van der Waals surface area contributed by atoms with Gasteiger partial charge in [-0.05, 0) is 41.9 Å². The first-order valence-electron chi connectivity index (χ1n) is 10.3. The van der Waals surface area contributed by atoms with Crippen molar-refractivity contribution in [2.75, 3.05) is 19.6 Å². The molecule has 2 aliphatic heterocycles. The van der Waals surface area contributed by atoms with Crippen molar-refractivity contribution in [2.24, 2.45) is 0 Å². The van der Waals surface area contributed by atoms with Crippen LogP contribution in [0.4, 0.5) is 0 Å². The normalized spacial score (nSPS) is 20.0. The highest BCUT2D eigenvalue weighted by Crippen LogP contribution is 2.34. The summed E-state index contributed by atoms with van der Waals surface area (Å²) in [6, 6.07) is 18.7. The summed E-state index contributed by atoms with van der Waals surface area (Å²) in [5, 5.41) is 0. The fraction of sp³-hybridized carbons (Fsp3) is 0.417. The zero-order valence-electron chi connectivity index (χ0n) is 16.5. The lowest BCUT2D eigenvalue weighted by Gasteiger charge is -2.38. The van der Waals surface area contributed by atoms with Crippen molar-refractivity contribution in [1.82, 2.24) is 9.80 Å². The van der Waals surface area contributed by atoms with E-state index in [1.165, 1.54) is 11.1 Å². The average molecular weight is 377 g/mol. The van der Waals surface area contributed by atoms with Crippen LogP contribution >= 0.6 is 0 Å². The molecule has 1 fully saturated rings. The third-order valence-electron chi connectivity index (χ3n) is 6.30. The number of amides is 2. The summed E-state index contributed by atoms with van der Waals surface area (Å²) in [4.78, 5) is 29.1. The van der Waals surface area contributed by atoms with Gasteiger partial charge < -0.3 is 9.80 Å². The Kier molecular flexibility index (Phi) is 5.47. The van der Waals surface area contributed by atoms with Crippen LogP contribution in [0.15, 0.2) is 54.6 Å². The first kappa shape index (κ1) is 18.7. The van der Waals surface area contributed by atoms with Crippen LogP contribution < -0.4 is 0 Å². The van der Waals surface area contributed by atoms with Crippen LogP contribution in [0.1, 0.15) is 54.8 Å². The summed E-state index contributed by atoms with van der Waals surface area (Å²) in [6.45, 7) is 3.90. The van der Waals surface area contributed by atoms with Crippen LogP contribution in [-0.4, -0.2) is 41.2 Å². The van der Waals surface area contributed by atoms with Gasteiger partial charge in [-0.25, -0.2) is 0 Å². The predicted octanol–water partition coefficient (Wildman–Crippen LogP) is 3.93. The first-order chi connectivity index (χ1) is 13.6. The third-order valence-corrected chi connectivity index (χ3v) is 6.30. The monoisotopic (exact) mass is 376 g/mol. The highest BCUT2D eigenvalue weighted by molar-refractivity contribution is 5.80. The summed E-state index contributed by atoms with van der Waals surface area (Å²) in [7, 11) is 0. The molecule has 2 amide bonds. The van der Waals surface area contributed by atoms with Crippen molar-refractivity contribution in [3.63, 3.8) is 0 Å². The molecule has 1 atom stereocenters. The van der Waals surface area contributed by atoms with E-state index in [9.17, 15) is 9.59 Å². The standard InChI is InChI=1S/C24H28N2O2/c1-18(27)26-16-13-21-9-5-6-10-22(21)23(26)17-24(28)25-14-11-20(12-15-25)19-7-3-2-4-8-19/h2-10,20,23H,11-17H2,1H3. The van der Waals surface area contributed by atoms with Crippen molar-refractivity contribution in [1.29, 1.82) is 0 Å². The first-order valence-corrected chi connectivity index (χ1v) is 10.3. The summed E-state index contributed by atoms with van der Waals surface area (Å²) in [6.07, 6.45) is 3.26. The molecular weight excluding hydrogens is 348 g/mol. The average Bonchev–Trinajstić information content (AvgIpc) is 2.74. The van der Waals surface area contributed by atoms with Crippen molar-refractivity contribution >= 4 is 11.8 Å². The molecule has 2 heterocycles. The number of nitrogens with zero attached hydrogens (tertiary/aromatic N) is 2. The van der Waals surface area contributed by atoms with Crippen LogP contribution in [0.2, 0.25) is 0 Å². The van der Waals surface area contributed by atoms with Gasteiger partial charge in [-0.15, -0.1) is 0 Å². The second-order valence-electron chi connectivity index (χ2n) is 7.95. The SMILES string of the molecule is CC(=O)N1CCc2ccccc2C1CC(=O)N1CCC(c2ccccc2)CC1. The van der Waals surface area contributed by atoms with E-state index in [0.717, 1.165) is 37.9 Å². The number of carbonyl (C=O) groups excluding carboxylic acids is 2. The molecule has 0 aliphatic carbocycles. The minimum atomic E-state index is -0.137. The van der Waals surface area contributed by atoms with Gasteiger partial charge in [0.15, 0.2) is 0 Å². The van der Waals surface area contributed by atoms with Crippen LogP contribution in [0.5, 0.6) is 0 Å². The predicted molar refractivity (Wildman–Crippen MR) is 110 cm³/mol. The molecule has 0 N–H and O–H groups in total. The fourth-order valence-corrected chi connectivity index (χ4v) is 4.73. The van der Waals surface area contributed by atoms with Gasteiger partial charge in [-0.1, -0.05) is 54.6 Å². The van der Waals surface area contributed by atoms with Crippen LogP contribution in [0.25, 0.3) is 0 Å². The maximum Gasteiger partial charge on any atom is 0.224 e. The Morgan fingerprint density at radius 2 is 1.61 bits per heavy atom. The van der Waals surface area contributed by atoms with Gasteiger partial charge in [0.2, 0.25) is 11.8 Å². The van der Waals surface area contributed by atoms with Crippen molar-refractivity contribution in [3.8, 4) is 0 Å². The topological polar surface area (TPSA) is 40.6 Å². The lowest BCUT2D eigenvalue weighted by Crippen LogP contribution is -2.43. The van der Waals surface area contributed by atoms with E-state index in [1.54, 1.807) is 6.92 Å². The van der Waals surface area contributed by atoms with Gasteiger partial charge in [-0.3, -0.25) is 9.59 Å². The minimum absolute atomic E-state index is 0.0510. The number of fused-ring (bicyclic) bond motifs is 1. The fourth-order valence-electron chi connectivity index (χ4n) is 4.73. The zero-order chi connectivity index (χ0) is 19.5. The quantitative estimate of drug-likeness (QED) is 0.814. The van der Waals surface area contributed by atoms with Crippen molar-refractivity contribution in [2.45, 2.75) is 44.6 Å². The van der Waals surface area contributed by atoms with Gasteiger partial charge in [0.05, 0.1) is 12.5 Å². The van der Waals surface area contributed by atoms with Crippen LogP contribution in [0.3, 0.4) is 0 Å². The van der Waals surface area contributed by atoms with E-state index in [-0.39, 0.29) is 17.9 Å². The zero-order valence-corrected chi connectivity index (χ0v) is 16.5. The van der Waals surface area contributed by atoms with E-state index in [2.05, 4.69) is 36.4 Å². The van der Waals surface area contributed by atoms with Gasteiger partial charge in [-0.2, -0.15) is 0 Å². The lowest BCUT2D eigenvalue weighted by molar-refractivity contribution is -0.137. The Bertz CT molecular complexity index is 841. The Labute approximate surface area is 167 Å². The minimum Gasteiger partial charge on any atom is -0.343 e. The van der Waals surface area contributed by atoms with Crippen LogP contribution in [-0.2, 0) is 16.0 Å². The highest BCUT2D eigenvalue weighted by atomic mass is 16.2. The molecule has 0 aromatic heterocycles. The summed E-state index contributed by atoms with van der Waals surface area (Å²) < 4.78 is 0. The largest absolute Gasteiger partial charge is 0.343 e. The number of carbonyl (C=O) groups is 2. The molecule has 0 spiro atoms. The number of hydrogen-bond donors (Lipinski definition) is 0. The maximum absolute atomic E-state index is 13.1. The van der Waals surface area contributed by atoms with Gasteiger partial charge >= 0.3 is 0 Å². The Hall–Kier alpha value is -2.62. The molecule has 4 rings (SSSR count). The Morgan fingerprint density at radius 1 is 0.929 bits per heavy atom. The summed E-state index contributed by atoms with van der Waals surface area (Å²) in [5.41, 5.74) is 3.77. The van der Waals surface area contributed by atoms with Crippen LogP contribution in [0, 0.1) is 0 Å². The van der Waals surface area contributed by atoms with E-state index >= 15 is 0 Å². The van der Waals surface area contributed by atoms with E-state index in [0.29, 0.717) is 18.9 Å². The van der Waals surface area contributed by atoms with Gasteiger partial charge in [0.25, 0.3) is 0 Å². The Balaban J connectivity index is 1.43. The molecule has 1 saturated heterocycles. The number of likely N-dealkylation sites (tertiary alicyclic amines) is 1. The van der Waals surface area contributed by atoms with Crippen molar-refractivity contribution < 1.29 is 9.59 Å². The molecule has 2 aliphatic rings. The molecule has 2 aromatic carbocycles. The molecule has 0 bridgehead atoms. The number of benzene rings is 2. The molecule has 146 valence electrons. The van der Waals surface area contributed by atoms with Gasteiger partial charge in [0, 0.05) is 26.6 Å². The lowest BCUT2D eigenvalue weighted by atomic mass is 9.88. The Morgan fingerprint density at radius 3 is 2.32 bits per heavy atom. The second-order valence-corrected chi connectivity index (χ2v) is 7.95. The molecule has 28 heavy (non-hydrogen) atoms. The van der Waals surface area contributed by atoms with E-state index in [1.807, 2.05) is 28.0 Å². The number of hydrogen-bond acceptors (Lipinski definition) is 2. The molecule has 0 radical (unpaired) electrons. The number of rotatable bonds is 3. The molecule has 0 saturated carbocycles. The van der Waals surface area contributed by atoms with Crippen molar-refractivity contribution in [3.05, 3.63) is 71.3 Å². The maximum atomic E-state index is 13.1. The third kappa shape index (κ3) is 3.82. The summed E-state index contributed by atoms with van der Waals surface area (Å²) >= 11 is 0. The van der Waals surface area contributed by atoms with E-state index < -0.39 is 0 Å². The summed E-state index contributed by atoms with van der Waals surface area (Å²) in [5.74, 6) is 0.754. The molecule has 4 heteroatoms.